The van der Waals surface area contributed by atoms with Gasteiger partial charge in [-0.25, -0.2) is 0 Å². The Balaban J connectivity index is 1.80. The van der Waals surface area contributed by atoms with Crippen LogP contribution in [0, 0.1) is 5.92 Å². The topological polar surface area (TPSA) is 67.9 Å². The average Bonchev–Trinajstić information content (AvgIpc) is 2.69. The van der Waals surface area contributed by atoms with Gasteiger partial charge in [-0.2, -0.15) is 0 Å². The Bertz CT molecular complexity index is 610. The Labute approximate surface area is 155 Å². The zero-order valence-electron chi connectivity index (χ0n) is 16.0. The van der Waals surface area contributed by atoms with Gasteiger partial charge in [-0.05, 0) is 43.4 Å². The summed E-state index contributed by atoms with van der Waals surface area (Å²) >= 11 is 0. The van der Waals surface area contributed by atoms with Gasteiger partial charge in [0.15, 0.2) is 11.5 Å². The molecule has 144 valence electrons. The van der Waals surface area contributed by atoms with Crippen molar-refractivity contribution in [1.82, 2.24) is 10.2 Å². The van der Waals surface area contributed by atoms with E-state index in [2.05, 4.69) is 5.32 Å². The van der Waals surface area contributed by atoms with Crippen LogP contribution >= 0.6 is 0 Å². The number of benzene rings is 1. The summed E-state index contributed by atoms with van der Waals surface area (Å²) in [6, 6.07) is 5.73. The number of ether oxygens (including phenoxy) is 2. The van der Waals surface area contributed by atoms with Gasteiger partial charge in [0.2, 0.25) is 11.8 Å². The zero-order chi connectivity index (χ0) is 18.9. The minimum Gasteiger partial charge on any atom is -0.493 e. The summed E-state index contributed by atoms with van der Waals surface area (Å²) in [7, 11) is 3.21. The zero-order valence-corrected chi connectivity index (χ0v) is 16.0. The molecule has 0 atom stereocenters. The smallest absolute Gasteiger partial charge is 0.223 e. The highest BCUT2D eigenvalue weighted by Gasteiger charge is 2.26. The fourth-order valence-electron chi connectivity index (χ4n) is 3.23. The van der Waals surface area contributed by atoms with E-state index in [1.165, 1.54) is 0 Å². The number of methoxy groups -OCH3 is 2. The third-order valence-electron chi connectivity index (χ3n) is 4.84. The molecule has 1 heterocycles. The maximum Gasteiger partial charge on any atom is 0.223 e. The lowest BCUT2D eigenvalue weighted by Crippen LogP contribution is -2.43. The number of aryl methyl sites for hydroxylation is 1. The number of rotatable bonds is 8. The van der Waals surface area contributed by atoms with E-state index in [0.717, 1.165) is 31.4 Å². The number of piperidine rings is 1. The van der Waals surface area contributed by atoms with Gasteiger partial charge in [0.1, 0.15) is 0 Å². The SMILES string of the molecule is CCCNC(=O)C1CCN(C(=O)CCc2ccc(OC)c(OC)c2)CC1. The minimum atomic E-state index is 0.0384. The molecule has 0 unspecified atom stereocenters. The van der Waals surface area contributed by atoms with Crippen molar-refractivity contribution >= 4 is 11.8 Å². The van der Waals surface area contributed by atoms with Crippen LogP contribution < -0.4 is 14.8 Å². The van der Waals surface area contributed by atoms with Crippen molar-refractivity contribution in [2.45, 2.75) is 39.0 Å². The largest absolute Gasteiger partial charge is 0.493 e. The second-order valence-electron chi connectivity index (χ2n) is 6.64. The normalized spacial score (nSPS) is 14.8. The highest BCUT2D eigenvalue weighted by Crippen LogP contribution is 2.28. The predicted octanol–water partition coefficient (Wildman–Crippen LogP) is 2.40. The first-order chi connectivity index (χ1) is 12.6. The molecule has 0 aromatic heterocycles. The number of hydrogen-bond donors (Lipinski definition) is 1. The van der Waals surface area contributed by atoms with E-state index in [1.54, 1.807) is 14.2 Å². The monoisotopic (exact) mass is 362 g/mol. The third kappa shape index (κ3) is 5.38. The fourth-order valence-corrected chi connectivity index (χ4v) is 3.23. The molecule has 1 aromatic carbocycles. The van der Waals surface area contributed by atoms with Crippen LogP contribution in [0.15, 0.2) is 18.2 Å². The van der Waals surface area contributed by atoms with Crippen LogP contribution in [0.2, 0.25) is 0 Å². The first-order valence-corrected chi connectivity index (χ1v) is 9.35. The van der Waals surface area contributed by atoms with E-state index in [1.807, 2.05) is 30.0 Å². The van der Waals surface area contributed by atoms with Crippen molar-refractivity contribution in [3.8, 4) is 11.5 Å². The third-order valence-corrected chi connectivity index (χ3v) is 4.84. The molecule has 1 aliphatic rings. The molecular weight excluding hydrogens is 332 g/mol. The maximum absolute atomic E-state index is 12.5. The lowest BCUT2D eigenvalue weighted by atomic mass is 9.95. The van der Waals surface area contributed by atoms with Gasteiger partial charge in [0.05, 0.1) is 14.2 Å². The Kier molecular flexibility index (Phi) is 7.75. The summed E-state index contributed by atoms with van der Waals surface area (Å²) in [5.74, 6) is 1.68. The van der Waals surface area contributed by atoms with Crippen molar-refractivity contribution in [2.24, 2.45) is 5.92 Å². The summed E-state index contributed by atoms with van der Waals surface area (Å²) < 4.78 is 10.5. The van der Waals surface area contributed by atoms with Crippen LogP contribution in [0.25, 0.3) is 0 Å². The number of nitrogens with one attached hydrogen (secondary N) is 1. The Morgan fingerprint density at radius 3 is 2.46 bits per heavy atom. The maximum atomic E-state index is 12.5. The van der Waals surface area contributed by atoms with Crippen LogP contribution in [-0.4, -0.2) is 50.6 Å². The van der Waals surface area contributed by atoms with Crippen LogP contribution in [0.1, 0.15) is 38.2 Å². The number of amides is 2. The van der Waals surface area contributed by atoms with Gasteiger partial charge in [-0.15, -0.1) is 0 Å². The van der Waals surface area contributed by atoms with Gasteiger partial charge < -0.3 is 19.7 Å². The van der Waals surface area contributed by atoms with Crippen molar-refractivity contribution in [3.05, 3.63) is 23.8 Å². The molecular formula is C20H30N2O4. The second-order valence-corrected chi connectivity index (χ2v) is 6.64. The molecule has 2 rings (SSSR count). The molecule has 1 aromatic rings. The quantitative estimate of drug-likeness (QED) is 0.771. The van der Waals surface area contributed by atoms with Gasteiger partial charge in [-0.3, -0.25) is 9.59 Å². The van der Waals surface area contributed by atoms with Crippen LogP contribution in [0.3, 0.4) is 0 Å². The Morgan fingerprint density at radius 2 is 1.85 bits per heavy atom. The second kappa shape index (κ2) is 10.0. The lowest BCUT2D eigenvalue weighted by Gasteiger charge is -2.31. The highest BCUT2D eigenvalue weighted by atomic mass is 16.5. The van der Waals surface area contributed by atoms with E-state index < -0.39 is 0 Å². The molecule has 0 spiro atoms. The molecule has 6 heteroatoms. The highest BCUT2D eigenvalue weighted by molar-refractivity contribution is 5.80. The molecule has 0 aliphatic carbocycles. The molecule has 0 bridgehead atoms. The summed E-state index contributed by atoms with van der Waals surface area (Å²) in [4.78, 5) is 26.4. The first kappa shape index (κ1) is 20.1. The molecule has 1 fully saturated rings. The summed E-state index contributed by atoms with van der Waals surface area (Å²) in [6.45, 7) is 4.09. The number of carbonyl (C=O) groups is 2. The summed E-state index contributed by atoms with van der Waals surface area (Å²) in [5, 5.41) is 2.95. The fraction of sp³-hybridized carbons (Fsp3) is 0.600. The van der Waals surface area contributed by atoms with E-state index in [9.17, 15) is 9.59 Å². The van der Waals surface area contributed by atoms with Crippen LogP contribution in [0.4, 0.5) is 0 Å². The van der Waals surface area contributed by atoms with Crippen molar-refractivity contribution in [3.63, 3.8) is 0 Å². The van der Waals surface area contributed by atoms with Gasteiger partial charge in [-0.1, -0.05) is 13.0 Å². The standard InChI is InChI=1S/C20H30N2O4/c1-4-11-21-20(24)16-9-12-22(13-10-16)19(23)8-6-15-5-7-17(25-2)18(14-15)26-3/h5,7,14,16H,4,6,8-13H2,1-3H3,(H,21,24). The summed E-state index contributed by atoms with van der Waals surface area (Å²) in [6.07, 6.45) is 3.56. The van der Waals surface area contributed by atoms with E-state index in [0.29, 0.717) is 37.4 Å². The van der Waals surface area contributed by atoms with Crippen molar-refractivity contribution in [1.29, 1.82) is 0 Å². The molecule has 1 aliphatic heterocycles. The number of hydrogen-bond acceptors (Lipinski definition) is 4. The molecule has 0 saturated carbocycles. The summed E-state index contributed by atoms with van der Waals surface area (Å²) in [5.41, 5.74) is 1.05. The molecule has 1 N–H and O–H groups in total. The number of nitrogens with zero attached hydrogens (tertiary/aromatic N) is 1. The van der Waals surface area contributed by atoms with Gasteiger partial charge in [0.25, 0.3) is 0 Å². The van der Waals surface area contributed by atoms with E-state index in [4.69, 9.17) is 9.47 Å². The number of carbonyl (C=O) groups excluding carboxylic acids is 2. The van der Waals surface area contributed by atoms with Crippen molar-refractivity contribution in [2.75, 3.05) is 33.9 Å². The molecule has 2 amide bonds. The molecule has 26 heavy (non-hydrogen) atoms. The first-order valence-electron chi connectivity index (χ1n) is 9.35. The van der Waals surface area contributed by atoms with Crippen LogP contribution in [-0.2, 0) is 16.0 Å². The van der Waals surface area contributed by atoms with Gasteiger partial charge >= 0.3 is 0 Å². The van der Waals surface area contributed by atoms with Crippen molar-refractivity contribution < 1.29 is 19.1 Å². The van der Waals surface area contributed by atoms with Gasteiger partial charge in [0, 0.05) is 32.0 Å². The minimum absolute atomic E-state index is 0.0384. The Morgan fingerprint density at radius 1 is 1.15 bits per heavy atom. The Hall–Kier alpha value is -2.24. The lowest BCUT2D eigenvalue weighted by molar-refractivity contribution is -0.135. The predicted molar refractivity (Wildman–Crippen MR) is 100 cm³/mol. The molecule has 6 nitrogen and oxygen atoms in total. The van der Waals surface area contributed by atoms with Crippen LogP contribution in [0.5, 0.6) is 11.5 Å². The molecule has 0 radical (unpaired) electrons. The molecule has 1 saturated heterocycles. The van der Waals surface area contributed by atoms with E-state index >= 15 is 0 Å². The number of likely N-dealkylation sites (tertiary alicyclic amines) is 1. The average molecular weight is 362 g/mol. The van der Waals surface area contributed by atoms with E-state index in [-0.39, 0.29) is 17.7 Å².